The molecule has 2 aliphatic heterocycles. The van der Waals surface area contributed by atoms with Gasteiger partial charge in [0.15, 0.2) is 0 Å². The first kappa shape index (κ1) is 17.0. The van der Waals surface area contributed by atoms with Gasteiger partial charge in [-0.3, -0.25) is 9.58 Å². The van der Waals surface area contributed by atoms with E-state index in [0.29, 0.717) is 18.2 Å². The maximum absolute atomic E-state index is 12.2. The molecule has 2 fully saturated rings. The molecular weight excluding hydrogens is 358 g/mol. The van der Waals surface area contributed by atoms with Gasteiger partial charge in [0, 0.05) is 45.5 Å². The maximum atomic E-state index is 12.2. The highest BCUT2D eigenvalue weighted by Gasteiger charge is 2.33. The van der Waals surface area contributed by atoms with Crippen molar-refractivity contribution in [2.75, 3.05) is 43.0 Å². The Labute approximate surface area is 162 Å². The lowest BCUT2D eigenvalue weighted by atomic mass is 10.1. The number of rotatable bonds is 4. The summed E-state index contributed by atoms with van der Waals surface area (Å²) in [5.74, 6) is 1.95. The van der Waals surface area contributed by atoms with Crippen LogP contribution in [0.5, 0.6) is 0 Å². The maximum Gasteiger partial charge on any atom is 0.324 e. The zero-order chi connectivity index (χ0) is 19.4. The number of urea groups is 1. The van der Waals surface area contributed by atoms with Crippen LogP contribution in [-0.4, -0.2) is 73.5 Å². The van der Waals surface area contributed by atoms with Crippen LogP contribution in [0.15, 0.2) is 24.8 Å². The quantitative estimate of drug-likeness (QED) is 0.678. The normalized spacial score (nSPS) is 18.0. The Morgan fingerprint density at radius 1 is 1.18 bits per heavy atom. The van der Waals surface area contributed by atoms with Crippen LogP contribution >= 0.6 is 0 Å². The SMILES string of the molecule is CC(C)c1cc(N2CC(n3cc(N4CCN(C)C4=O)cn3)C2)n2ncnc2n1. The molecule has 2 saturated heterocycles. The highest BCUT2D eigenvalue weighted by Crippen LogP contribution is 2.30. The third kappa shape index (κ3) is 2.59. The van der Waals surface area contributed by atoms with Crippen molar-refractivity contribution < 1.29 is 4.79 Å². The van der Waals surface area contributed by atoms with Crippen molar-refractivity contribution in [1.82, 2.24) is 34.3 Å². The van der Waals surface area contributed by atoms with Gasteiger partial charge in [-0.05, 0) is 5.92 Å². The molecule has 3 aromatic rings. The molecule has 2 amide bonds. The number of amides is 2. The Balaban J connectivity index is 1.34. The second-order valence-corrected chi connectivity index (χ2v) is 7.76. The van der Waals surface area contributed by atoms with Crippen LogP contribution in [0.25, 0.3) is 5.78 Å². The fraction of sp³-hybridized carbons (Fsp3) is 0.500. The molecule has 10 nitrogen and oxygen atoms in total. The zero-order valence-electron chi connectivity index (χ0n) is 16.2. The van der Waals surface area contributed by atoms with E-state index < -0.39 is 0 Å². The van der Waals surface area contributed by atoms with Crippen molar-refractivity contribution in [3.63, 3.8) is 0 Å². The fourth-order valence-electron chi connectivity index (χ4n) is 3.70. The Kier molecular flexibility index (Phi) is 3.74. The molecule has 10 heteroatoms. The smallest absolute Gasteiger partial charge is 0.324 e. The number of hydrogen-bond donors (Lipinski definition) is 0. The molecule has 0 N–H and O–H groups in total. The van der Waals surface area contributed by atoms with Crippen LogP contribution in [0.2, 0.25) is 0 Å². The summed E-state index contributed by atoms with van der Waals surface area (Å²) >= 11 is 0. The van der Waals surface area contributed by atoms with Gasteiger partial charge in [0.05, 0.1) is 23.6 Å². The lowest BCUT2D eigenvalue weighted by Gasteiger charge is -2.40. The van der Waals surface area contributed by atoms with Gasteiger partial charge in [-0.1, -0.05) is 13.8 Å². The van der Waals surface area contributed by atoms with Gasteiger partial charge in [-0.25, -0.2) is 9.78 Å². The summed E-state index contributed by atoms with van der Waals surface area (Å²) in [6, 6.07) is 2.38. The number of hydrogen-bond acceptors (Lipinski definition) is 6. The molecule has 0 saturated carbocycles. The molecule has 0 unspecified atom stereocenters. The van der Waals surface area contributed by atoms with Crippen molar-refractivity contribution in [3.8, 4) is 0 Å². The predicted octanol–water partition coefficient (Wildman–Crippen LogP) is 1.38. The molecule has 0 spiro atoms. The van der Waals surface area contributed by atoms with Crippen LogP contribution in [0, 0.1) is 0 Å². The Morgan fingerprint density at radius 2 is 2.00 bits per heavy atom. The average molecular weight is 381 g/mol. The van der Waals surface area contributed by atoms with Gasteiger partial charge in [0.25, 0.3) is 5.78 Å². The van der Waals surface area contributed by atoms with Crippen molar-refractivity contribution in [2.45, 2.75) is 25.8 Å². The lowest BCUT2D eigenvalue weighted by molar-refractivity contribution is 0.229. The largest absolute Gasteiger partial charge is 0.352 e. The molecule has 0 aliphatic carbocycles. The lowest BCUT2D eigenvalue weighted by Crippen LogP contribution is -2.49. The Bertz CT molecular complexity index is 1030. The van der Waals surface area contributed by atoms with Gasteiger partial charge >= 0.3 is 6.03 Å². The van der Waals surface area contributed by atoms with E-state index in [9.17, 15) is 4.79 Å². The summed E-state index contributed by atoms with van der Waals surface area (Å²) < 4.78 is 3.75. The van der Waals surface area contributed by atoms with Crippen LogP contribution in [0.4, 0.5) is 16.3 Å². The van der Waals surface area contributed by atoms with E-state index in [1.165, 1.54) is 6.33 Å². The van der Waals surface area contributed by atoms with Gasteiger partial charge in [-0.2, -0.15) is 19.7 Å². The molecular formula is C18H23N9O. The van der Waals surface area contributed by atoms with Crippen molar-refractivity contribution >= 4 is 23.3 Å². The van der Waals surface area contributed by atoms with E-state index in [1.807, 2.05) is 17.9 Å². The van der Waals surface area contributed by atoms with Gasteiger partial charge < -0.3 is 9.80 Å². The van der Waals surface area contributed by atoms with Gasteiger partial charge in [0.2, 0.25) is 0 Å². The molecule has 5 heterocycles. The third-order valence-electron chi connectivity index (χ3n) is 5.52. The van der Waals surface area contributed by atoms with Crippen LogP contribution in [-0.2, 0) is 0 Å². The molecule has 28 heavy (non-hydrogen) atoms. The van der Waals surface area contributed by atoms with E-state index in [4.69, 9.17) is 0 Å². The summed E-state index contributed by atoms with van der Waals surface area (Å²) in [4.78, 5) is 26.8. The van der Waals surface area contributed by atoms with Crippen molar-refractivity contribution in [2.24, 2.45) is 0 Å². The summed E-state index contributed by atoms with van der Waals surface area (Å²) in [5.41, 5.74) is 1.87. The number of anilines is 2. The van der Waals surface area contributed by atoms with E-state index >= 15 is 0 Å². The minimum Gasteiger partial charge on any atom is -0.352 e. The van der Waals surface area contributed by atoms with Crippen LogP contribution in [0.1, 0.15) is 31.5 Å². The van der Waals surface area contributed by atoms with E-state index in [0.717, 1.165) is 36.8 Å². The van der Waals surface area contributed by atoms with Gasteiger partial charge in [0.1, 0.15) is 12.1 Å². The monoisotopic (exact) mass is 381 g/mol. The first-order chi connectivity index (χ1) is 13.5. The first-order valence-corrected chi connectivity index (χ1v) is 9.53. The summed E-state index contributed by atoms with van der Waals surface area (Å²) in [5, 5.41) is 8.82. The number of fused-ring (bicyclic) bond motifs is 1. The molecule has 0 atom stereocenters. The topological polar surface area (TPSA) is 87.7 Å². The zero-order valence-corrected chi connectivity index (χ0v) is 16.2. The van der Waals surface area contributed by atoms with Crippen molar-refractivity contribution in [1.29, 1.82) is 0 Å². The third-order valence-corrected chi connectivity index (χ3v) is 5.52. The minimum atomic E-state index is 0.0290. The standard InChI is InChI=1S/C18H23N9O/c1-12(2)15-6-16(27-17(22-15)19-11-21-27)24-8-14(9-24)26-10-13(7-20-26)25-5-4-23(3)18(25)28/h6-7,10-12,14H,4-5,8-9H2,1-3H3. The molecule has 0 bridgehead atoms. The van der Waals surface area contributed by atoms with E-state index in [1.54, 1.807) is 20.5 Å². The molecule has 0 radical (unpaired) electrons. The fourth-order valence-corrected chi connectivity index (χ4v) is 3.70. The molecule has 5 rings (SSSR count). The first-order valence-electron chi connectivity index (χ1n) is 9.53. The predicted molar refractivity (Wildman–Crippen MR) is 104 cm³/mol. The summed E-state index contributed by atoms with van der Waals surface area (Å²) in [6.07, 6.45) is 5.28. The van der Waals surface area contributed by atoms with Crippen molar-refractivity contribution in [3.05, 3.63) is 30.5 Å². The summed E-state index contributed by atoms with van der Waals surface area (Å²) in [6.45, 7) is 7.35. The summed E-state index contributed by atoms with van der Waals surface area (Å²) in [7, 11) is 1.82. The Morgan fingerprint density at radius 3 is 2.71 bits per heavy atom. The average Bonchev–Trinajstić information content (AvgIpc) is 3.35. The number of nitrogens with zero attached hydrogens (tertiary/aromatic N) is 9. The molecule has 146 valence electrons. The highest BCUT2D eigenvalue weighted by atomic mass is 16.2. The minimum absolute atomic E-state index is 0.0290. The van der Waals surface area contributed by atoms with E-state index in [2.05, 4.69) is 45.0 Å². The number of likely N-dealkylation sites (N-methyl/N-ethyl adjacent to an activating group) is 1. The van der Waals surface area contributed by atoms with Crippen LogP contribution in [0.3, 0.4) is 0 Å². The Hall–Kier alpha value is -3.17. The van der Waals surface area contributed by atoms with E-state index in [-0.39, 0.29) is 12.1 Å². The highest BCUT2D eigenvalue weighted by molar-refractivity contribution is 5.93. The molecule has 3 aromatic heterocycles. The molecule has 0 aromatic carbocycles. The van der Waals surface area contributed by atoms with Gasteiger partial charge in [-0.15, -0.1) is 0 Å². The number of carbonyl (C=O) groups excluding carboxylic acids is 1. The number of carbonyl (C=O) groups is 1. The van der Waals surface area contributed by atoms with Crippen LogP contribution < -0.4 is 9.80 Å². The number of aromatic nitrogens is 6. The molecule has 2 aliphatic rings. The second-order valence-electron chi connectivity index (χ2n) is 7.76. The second kappa shape index (κ2) is 6.18.